The van der Waals surface area contributed by atoms with Crippen LogP contribution >= 0.6 is 0 Å². The Hall–Kier alpha value is -1.96. The van der Waals surface area contributed by atoms with Crippen LogP contribution in [-0.2, 0) is 0 Å². The third-order valence-electron chi connectivity index (χ3n) is 3.59. The van der Waals surface area contributed by atoms with Crippen molar-refractivity contribution in [3.05, 3.63) is 58.3 Å². The minimum absolute atomic E-state index is 0.777. The number of benzene rings is 1. The summed E-state index contributed by atoms with van der Waals surface area (Å²) in [6.45, 7) is 0.777. The zero-order chi connectivity index (χ0) is 11.2. The van der Waals surface area contributed by atoms with Gasteiger partial charge in [-0.25, -0.2) is 4.99 Å². The van der Waals surface area contributed by atoms with Crippen molar-refractivity contribution in [1.29, 1.82) is 0 Å². The number of nitrogens with zero attached hydrogens (tertiary/aromatic N) is 2. The van der Waals surface area contributed by atoms with Gasteiger partial charge in [0.25, 0.3) is 0 Å². The number of hydrogen-bond acceptors (Lipinski definition) is 2. The van der Waals surface area contributed by atoms with Crippen LogP contribution in [0, 0.1) is 0 Å². The lowest BCUT2D eigenvalue weighted by Crippen LogP contribution is -2.23. The number of allylic oxidation sites excluding steroid dienone is 3. The Labute approximate surface area is 99.4 Å². The lowest BCUT2D eigenvalue weighted by Gasteiger charge is -2.19. The Balaban J connectivity index is 2.07. The highest BCUT2D eigenvalue weighted by Gasteiger charge is 2.24. The van der Waals surface area contributed by atoms with Gasteiger partial charge in [0.05, 0.1) is 23.3 Å². The number of fused-ring (bicyclic) bond motifs is 3. The first kappa shape index (κ1) is 9.11. The van der Waals surface area contributed by atoms with Gasteiger partial charge in [-0.05, 0) is 25.0 Å². The smallest absolute Gasteiger partial charge is 0.0748 e. The molecule has 0 saturated heterocycles. The van der Waals surface area contributed by atoms with Gasteiger partial charge in [-0.1, -0.05) is 24.3 Å². The summed E-state index contributed by atoms with van der Waals surface area (Å²) >= 11 is 0. The van der Waals surface area contributed by atoms with Crippen molar-refractivity contribution < 1.29 is 0 Å². The third-order valence-corrected chi connectivity index (χ3v) is 3.59. The lowest BCUT2D eigenvalue weighted by atomic mass is 9.92. The van der Waals surface area contributed by atoms with Gasteiger partial charge in [0.15, 0.2) is 0 Å². The van der Waals surface area contributed by atoms with Gasteiger partial charge < -0.3 is 0 Å². The summed E-state index contributed by atoms with van der Waals surface area (Å²) in [6.07, 6.45) is 6.53. The highest BCUT2D eigenvalue weighted by molar-refractivity contribution is 6.12. The molecule has 0 fully saturated rings. The van der Waals surface area contributed by atoms with E-state index in [2.05, 4.69) is 35.3 Å². The van der Waals surface area contributed by atoms with Gasteiger partial charge in [-0.15, -0.1) is 0 Å². The first-order valence-electron chi connectivity index (χ1n) is 6.05. The van der Waals surface area contributed by atoms with Crippen LogP contribution in [-0.4, -0.2) is 12.3 Å². The predicted molar refractivity (Wildman–Crippen MR) is 68.3 cm³/mol. The molecule has 0 unspecified atom stereocenters. The highest BCUT2D eigenvalue weighted by Crippen LogP contribution is 2.29. The fourth-order valence-corrected chi connectivity index (χ4v) is 2.75. The van der Waals surface area contributed by atoms with Crippen molar-refractivity contribution in [2.75, 3.05) is 6.54 Å². The van der Waals surface area contributed by atoms with E-state index < -0.39 is 0 Å². The van der Waals surface area contributed by atoms with Gasteiger partial charge in [0, 0.05) is 16.4 Å². The summed E-state index contributed by atoms with van der Waals surface area (Å²) in [5, 5.41) is 2.38. The molecule has 0 aromatic heterocycles. The number of rotatable bonds is 0. The molecule has 0 atom stereocenters. The van der Waals surface area contributed by atoms with Crippen molar-refractivity contribution in [3.8, 4) is 0 Å². The molecule has 3 aliphatic rings. The molecule has 17 heavy (non-hydrogen) atoms. The maximum Gasteiger partial charge on any atom is 0.0748 e. The first-order chi connectivity index (χ1) is 8.43. The van der Waals surface area contributed by atoms with Crippen LogP contribution in [0.3, 0.4) is 0 Å². The fraction of sp³-hybridized carbons (Fsp3) is 0.200. The molecule has 2 heterocycles. The van der Waals surface area contributed by atoms with Crippen LogP contribution in [0.5, 0.6) is 0 Å². The topological polar surface area (TPSA) is 24.7 Å². The minimum Gasteiger partial charge on any atom is -0.280 e. The molecule has 0 radical (unpaired) electrons. The van der Waals surface area contributed by atoms with E-state index in [0.717, 1.165) is 30.5 Å². The van der Waals surface area contributed by atoms with Crippen LogP contribution in [0.25, 0.3) is 5.57 Å². The highest BCUT2D eigenvalue weighted by atomic mass is 14.9. The molecule has 4 rings (SSSR count). The number of hydrogen-bond donors (Lipinski definition) is 0. The number of para-hydroxylation sites is 1. The fourth-order valence-electron chi connectivity index (χ4n) is 2.75. The molecule has 1 aliphatic carbocycles. The summed E-state index contributed by atoms with van der Waals surface area (Å²) in [7, 11) is 0. The predicted octanol–water partition coefficient (Wildman–Crippen LogP) is 1.53. The van der Waals surface area contributed by atoms with Crippen molar-refractivity contribution in [3.63, 3.8) is 0 Å². The monoisotopic (exact) mass is 220 g/mol. The second kappa shape index (κ2) is 3.27. The van der Waals surface area contributed by atoms with Crippen molar-refractivity contribution in [2.45, 2.75) is 12.8 Å². The Morgan fingerprint density at radius 2 is 2.00 bits per heavy atom. The van der Waals surface area contributed by atoms with E-state index >= 15 is 0 Å². The van der Waals surface area contributed by atoms with Gasteiger partial charge >= 0.3 is 0 Å². The van der Waals surface area contributed by atoms with Gasteiger partial charge in [-0.2, -0.15) is 0 Å². The van der Waals surface area contributed by atoms with Crippen LogP contribution in [0.2, 0.25) is 0 Å². The molecule has 0 saturated carbocycles. The normalized spacial score (nSPS) is 20.5. The van der Waals surface area contributed by atoms with Crippen molar-refractivity contribution in [1.82, 2.24) is 0 Å². The standard InChI is InChI=1S/C15H12N2/c1-4-8-14-10(5-1)12-9-16-13-7-3-2-6-11(13)15(12)17-14/h1,3-5,7-8H,2,6,9H2. The average molecular weight is 220 g/mol. The van der Waals surface area contributed by atoms with E-state index in [0.29, 0.717) is 0 Å². The van der Waals surface area contributed by atoms with Crippen LogP contribution in [0.1, 0.15) is 12.8 Å². The maximum absolute atomic E-state index is 4.79. The SMILES string of the molecule is C1=CC2=NCC3=c4ccccc4=NC3=C2CC1. The molecule has 2 aliphatic heterocycles. The Morgan fingerprint density at radius 3 is 3.00 bits per heavy atom. The van der Waals surface area contributed by atoms with Crippen LogP contribution in [0.15, 0.2) is 57.7 Å². The minimum atomic E-state index is 0.777. The second-order valence-electron chi connectivity index (χ2n) is 4.58. The van der Waals surface area contributed by atoms with Gasteiger partial charge in [-0.3, -0.25) is 4.99 Å². The molecule has 2 heteroatoms. The lowest BCUT2D eigenvalue weighted by molar-refractivity contribution is 0.972. The van der Waals surface area contributed by atoms with Crippen molar-refractivity contribution >= 4 is 11.3 Å². The molecule has 82 valence electrons. The summed E-state index contributed by atoms with van der Waals surface area (Å²) < 4.78 is 0. The van der Waals surface area contributed by atoms with E-state index in [9.17, 15) is 0 Å². The molecule has 1 aromatic carbocycles. The van der Waals surface area contributed by atoms with E-state index in [1.54, 1.807) is 0 Å². The number of aliphatic imine (C=N–C) groups is 1. The largest absolute Gasteiger partial charge is 0.280 e. The van der Waals surface area contributed by atoms with E-state index in [1.165, 1.54) is 22.1 Å². The van der Waals surface area contributed by atoms with E-state index in [4.69, 9.17) is 4.99 Å². The summed E-state index contributed by atoms with van der Waals surface area (Å²) in [5.74, 6) is 0. The maximum atomic E-state index is 4.79. The summed E-state index contributed by atoms with van der Waals surface area (Å²) in [4.78, 5) is 9.45. The molecular formula is C15H12N2. The molecule has 0 N–H and O–H groups in total. The van der Waals surface area contributed by atoms with Crippen LogP contribution < -0.4 is 10.6 Å². The Kier molecular flexibility index (Phi) is 1.75. The molecule has 0 bridgehead atoms. The third kappa shape index (κ3) is 1.21. The zero-order valence-electron chi connectivity index (χ0n) is 9.48. The molecule has 0 amide bonds. The quantitative estimate of drug-likeness (QED) is 0.633. The molecular weight excluding hydrogens is 208 g/mol. The zero-order valence-corrected chi connectivity index (χ0v) is 9.48. The van der Waals surface area contributed by atoms with E-state index in [-0.39, 0.29) is 0 Å². The summed E-state index contributed by atoms with van der Waals surface area (Å²) in [5.41, 5.74) is 4.99. The second-order valence-corrected chi connectivity index (χ2v) is 4.58. The molecule has 1 aromatic rings. The number of dihydropyridines is 1. The van der Waals surface area contributed by atoms with E-state index in [1.807, 2.05) is 6.07 Å². The Bertz CT molecular complexity index is 718. The Morgan fingerprint density at radius 1 is 1.06 bits per heavy atom. The first-order valence-corrected chi connectivity index (χ1v) is 6.05. The van der Waals surface area contributed by atoms with Crippen LogP contribution in [0.4, 0.5) is 0 Å². The average Bonchev–Trinajstić information content (AvgIpc) is 2.78. The van der Waals surface area contributed by atoms with Crippen molar-refractivity contribution in [2.24, 2.45) is 9.98 Å². The van der Waals surface area contributed by atoms with Gasteiger partial charge in [0.1, 0.15) is 0 Å². The summed E-state index contributed by atoms with van der Waals surface area (Å²) in [6, 6.07) is 8.37. The van der Waals surface area contributed by atoms with Gasteiger partial charge in [0.2, 0.25) is 0 Å². The molecule has 2 nitrogen and oxygen atoms in total. The molecule has 0 spiro atoms.